The lowest BCUT2D eigenvalue weighted by molar-refractivity contribution is 0.0959. The highest BCUT2D eigenvalue weighted by Crippen LogP contribution is 2.19. The van der Waals surface area contributed by atoms with Gasteiger partial charge in [-0.25, -0.2) is 0 Å². The first kappa shape index (κ1) is 25.6. The van der Waals surface area contributed by atoms with Crippen molar-refractivity contribution in [2.45, 2.75) is 0 Å². The van der Waals surface area contributed by atoms with Crippen LogP contribution in [0.15, 0.2) is 48.5 Å². The average molecular weight is 415 g/mol. The van der Waals surface area contributed by atoms with Gasteiger partial charge in [0.1, 0.15) is 24.7 Å². The molecule has 2 aromatic carbocycles. The molecule has 0 saturated heterocycles. The molecule has 0 spiro atoms. The van der Waals surface area contributed by atoms with Crippen LogP contribution in [0, 0.1) is 24.7 Å². The maximum atomic E-state index is 11.4. The summed E-state index contributed by atoms with van der Waals surface area (Å²) in [5.74, 6) is 5.39. The number of hydrogen-bond donors (Lipinski definition) is 2. The van der Waals surface area contributed by atoms with Crippen LogP contribution in [-0.4, -0.2) is 38.5 Å². The topological polar surface area (TPSA) is 90.6 Å². The number of terminal acetylenes is 2. The molecule has 0 aliphatic carbocycles. The third-order valence-electron chi connectivity index (χ3n) is 3.08. The Hall–Kier alpha value is -3.45. The van der Waals surface area contributed by atoms with Crippen LogP contribution in [0.1, 0.15) is 20.7 Å². The van der Waals surface area contributed by atoms with Crippen LogP contribution < -0.4 is 20.5 Å². The molecule has 0 aromatic heterocycles. The second-order valence-electron chi connectivity index (χ2n) is 4.83. The van der Waals surface area contributed by atoms with Crippen LogP contribution in [0.2, 0.25) is 0 Å². The Morgan fingerprint density at radius 3 is 1.76 bits per heavy atom. The second kappa shape index (κ2) is 15.6. The summed E-state index contributed by atoms with van der Waals surface area (Å²) in [7, 11) is 3.07. The van der Waals surface area contributed by atoms with Gasteiger partial charge in [-0.15, -0.1) is 12.8 Å². The predicted octanol–water partition coefficient (Wildman–Crippen LogP) is 2.71. The molecule has 0 radical (unpaired) electrons. The summed E-state index contributed by atoms with van der Waals surface area (Å²) < 4.78 is 10.3. The largest absolute Gasteiger partial charge is 0.480 e. The van der Waals surface area contributed by atoms with Gasteiger partial charge in [-0.2, -0.15) is 0 Å². The van der Waals surface area contributed by atoms with Crippen LogP contribution >= 0.6 is 11.6 Å². The second-order valence-corrected chi connectivity index (χ2v) is 5.17. The Bertz CT molecular complexity index is 870. The van der Waals surface area contributed by atoms with Crippen molar-refractivity contribution < 1.29 is 19.1 Å². The fourth-order valence-corrected chi connectivity index (χ4v) is 2.06. The predicted molar refractivity (Wildman–Crippen MR) is 115 cm³/mol. The molecule has 3 N–H and O–H groups in total. The van der Waals surface area contributed by atoms with Crippen molar-refractivity contribution in [3.05, 3.63) is 59.7 Å². The molecule has 2 aromatic rings. The molecule has 0 aliphatic rings. The van der Waals surface area contributed by atoms with Crippen molar-refractivity contribution >= 4 is 22.8 Å². The van der Waals surface area contributed by atoms with Gasteiger partial charge >= 0.3 is 0 Å². The van der Waals surface area contributed by atoms with E-state index in [0.29, 0.717) is 22.6 Å². The summed E-state index contributed by atoms with van der Waals surface area (Å²) in [6, 6.07) is 13.6. The lowest BCUT2D eigenvalue weighted by atomic mass is 10.2. The van der Waals surface area contributed by atoms with E-state index in [1.807, 2.05) is 0 Å². The molecular formula is C22H23ClN2O4. The van der Waals surface area contributed by atoms with Crippen molar-refractivity contribution in [2.24, 2.45) is 5.73 Å². The number of ether oxygens (including phenoxy) is 2. The summed E-state index contributed by atoms with van der Waals surface area (Å²) in [5, 5.41) is 1.98. The molecule has 152 valence electrons. The van der Waals surface area contributed by atoms with E-state index in [2.05, 4.69) is 22.9 Å². The molecule has 0 bridgehead atoms. The number of rotatable bonds is 6. The zero-order valence-electron chi connectivity index (χ0n) is 16.3. The lowest BCUT2D eigenvalue weighted by Gasteiger charge is -2.07. The van der Waals surface area contributed by atoms with E-state index in [-0.39, 0.29) is 19.1 Å². The van der Waals surface area contributed by atoms with Crippen LogP contribution in [0.25, 0.3) is 0 Å². The summed E-state index contributed by atoms with van der Waals surface area (Å²) in [6.07, 6.45) is 10.1. The molecule has 0 unspecified atom stereocenters. The summed E-state index contributed by atoms with van der Waals surface area (Å²) >= 11 is 5.32. The summed E-state index contributed by atoms with van der Waals surface area (Å²) in [4.78, 5) is 22.2. The maximum absolute atomic E-state index is 11.4. The first-order valence-corrected chi connectivity index (χ1v) is 8.73. The number of amides is 1. The normalized spacial score (nSPS) is 8.48. The number of carbonyl (C=O) groups is 2. The van der Waals surface area contributed by atoms with E-state index in [4.69, 9.17) is 33.9 Å². The Morgan fingerprint density at radius 2 is 1.34 bits per heavy atom. The molecule has 7 heteroatoms. The van der Waals surface area contributed by atoms with E-state index < -0.39 is 5.24 Å². The first-order valence-electron chi connectivity index (χ1n) is 8.35. The van der Waals surface area contributed by atoms with Crippen molar-refractivity contribution in [3.63, 3.8) is 0 Å². The zero-order chi connectivity index (χ0) is 22.1. The van der Waals surface area contributed by atoms with E-state index in [1.165, 1.54) is 7.05 Å². The Labute approximate surface area is 176 Å². The standard InChI is InChI=1S/C11H11NO2.C10H7ClO2.CH5N/c1-3-8-14-10-7-5-4-6-9(10)11(13)12-2;1-2-7-13-9-6-4-3-5-8(9)10(11)12;1-2/h1,4-7H,8H2,2H3,(H,12,13);1,3-6H,7H2;2H2,1H3. The minimum Gasteiger partial charge on any atom is -0.480 e. The highest BCUT2D eigenvalue weighted by atomic mass is 35.5. The number of nitrogens with one attached hydrogen (secondary N) is 1. The van der Waals surface area contributed by atoms with Gasteiger partial charge in [0.25, 0.3) is 11.1 Å². The fraction of sp³-hybridized carbons (Fsp3) is 0.182. The molecule has 0 saturated carbocycles. The van der Waals surface area contributed by atoms with Crippen LogP contribution in [-0.2, 0) is 0 Å². The number of para-hydroxylation sites is 2. The molecule has 0 fully saturated rings. The van der Waals surface area contributed by atoms with Gasteiger partial charge in [0, 0.05) is 7.05 Å². The number of carbonyl (C=O) groups excluding carboxylic acids is 2. The molecular weight excluding hydrogens is 392 g/mol. The third-order valence-corrected chi connectivity index (χ3v) is 3.28. The van der Waals surface area contributed by atoms with Crippen LogP contribution in [0.4, 0.5) is 0 Å². The van der Waals surface area contributed by atoms with E-state index >= 15 is 0 Å². The van der Waals surface area contributed by atoms with Gasteiger partial charge in [0.15, 0.2) is 0 Å². The Balaban J connectivity index is 0.000000499. The zero-order valence-corrected chi connectivity index (χ0v) is 17.0. The van der Waals surface area contributed by atoms with Gasteiger partial charge in [0.05, 0.1) is 11.1 Å². The molecule has 29 heavy (non-hydrogen) atoms. The van der Waals surface area contributed by atoms with Crippen LogP contribution in [0.3, 0.4) is 0 Å². The molecule has 2 rings (SSSR count). The van der Waals surface area contributed by atoms with Gasteiger partial charge in [0.2, 0.25) is 0 Å². The van der Waals surface area contributed by atoms with Crippen molar-refractivity contribution in [1.82, 2.24) is 5.32 Å². The summed E-state index contributed by atoms with van der Waals surface area (Å²) in [6.45, 7) is 0.287. The van der Waals surface area contributed by atoms with E-state index in [0.717, 1.165) is 0 Å². The first-order chi connectivity index (χ1) is 14.0. The number of halogens is 1. The van der Waals surface area contributed by atoms with Gasteiger partial charge < -0.3 is 20.5 Å². The highest BCUT2D eigenvalue weighted by Gasteiger charge is 2.09. The molecule has 0 aliphatic heterocycles. The van der Waals surface area contributed by atoms with Gasteiger partial charge in [-0.1, -0.05) is 36.1 Å². The molecule has 6 nitrogen and oxygen atoms in total. The Kier molecular flexibility index (Phi) is 13.7. The van der Waals surface area contributed by atoms with Crippen molar-refractivity contribution in [1.29, 1.82) is 0 Å². The molecule has 1 amide bonds. The van der Waals surface area contributed by atoms with Gasteiger partial charge in [-0.3, -0.25) is 9.59 Å². The number of hydrogen-bond acceptors (Lipinski definition) is 5. The van der Waals surface area contributed by atoms with Gasteiger partial charge in [-0.05, 0) is 42.9 Å². The van der Waals surface area contributed by atoms with Crippen molar-refractivity contribution in [3.8, 4) is 36.2 Å². The van der Waals surface area contributed by atoms with E-state index in [1.54, 1.807) is 55.6 Å². The lowest BCUT2D eigenvalue weighted by Crippen LogP contribution is -2.18. The SMILES string of the molecule is C#CCOc1ccccc1C(=O)Cl.C#CCOc1ccccc1C(=O)NC.CN. The quantitative estimate of drug-likeness (QED) is 0.560. The molecule has 0 heterocycles. The smallest absolute Gasteiger partial charge is 0.256 e. The summed E-state index contributed by atoms with van der Waals surface area (Å²) in [5.41, 5.74) is 5.32. The maximum Gasteiger partial charge on any atom is 0.256 e. The van der Waals surface area contributed by atoms with Crippen LogP contribution in [0.5, 0.6) is 11.5 Å². The average Bonchev–Trinajstić information content (AvgIpc) is 2.77. The Morgan fingerprint density at radius 1 is 0.931 bits per heavy atom. The molecule has 0 atom stereocenters. The minimum atomic E-state index is -0.548. The number of nitrogens with two attached hydrogens (primary N) is 1. The highest BCUT2D eigenvalue weighted by molar-refractivity contribution is 6.68. The third kappa shape index (κ3) is 9.34. The van der Waals surface area contributed by atoms with Crippen molar-refractivity contribution in [2.75, 3.05) is 27.3 Å². The minimum absolute atomic E-state index is 0.126. The fourth-order valence-electron chi connectivity index (χ4n) is 1.91. The number of benzene rings is 2. The monoisotopic (exact) mass is 414 g/mol. The van der Waals surface area contributed by atoms with E-state index in [9.17, 15) is 9.59 Å².